The lowest BCUT2D eigenvalue weighted by Crippen LogP contribution is -2.45. The Kier molecular flexibility index (Phi) is 7.44. The van der Waals surface area contributed by atoms with Crippen molar-refractivity contribution in [3.05, 3.63) is 47.3 Å². The van der Waals surface area contributed by atoms with Gasteiger partial charge in [-0.3, -0.25) is 0 Å². The van der Waals surface area contributed by atoms with Crippen molar-refractivity contribution in [2.45, 2.75) is 50.7 Å². The maximum absolute atomic E-state index is 10.3. The van der Waals surface area contributed by atoms with Gasteiger partial charge in [-0.15, -0.1) is 0 Å². The summed E-state index contributed by atoms with van der Waals surface area (Å²) >= 11 is 0. The number of hydrogen-bond acceptors (Lipinski definition) is 7. The summed E-state index contributed by atoms with van der Waals surface area (Å²) in [5, 5.41) is 17.8. The van der Waals surface area contributed by atoms with E-state index in [4.69, 9.17) is 14.0 Å². The van der Waals surface area contributed by atoms with E-state index in [1.165, 1.54) is 5.56 Å². The summed E-state index contributed by atoms with van der Waals surface area (Å²) in [6, 6.07) is 9.94. The molecule has 1 aliphatic heterocycles. The molecule has 0 spiro atoms. The largest absolute Gasteiger partial charge is 0.497 e. The van der Waals surface area contributed by atoms with Crippen molar-refractivity contribution in [2.24, 2.45) is 0 Å². The van der Waals surface area contributed by atoms with Crippen LogP contribution in [0.2, 0.25) is 0 Å². The van der Waals surface area contributed by atoms with Crippen molar-refractivity contribution >= 4 is 0 Å². The van der Waals surface area contributed by atoms with Crippen LogP contribution >= 0.6 is 0 Å². The molecular formula is C21H31N3O4. The number of aromatic nitrogens is 1. The molecule has 3 atom stereocenters. The van der Waals surface area contributed by atoms with Gasteiger partial charge in [0.2, 0.25) is 0 Å². The van der Waals surface area contributed by atoms with Crippen LogP contribution in [0.15, 0.2) is 34.9 Å². The Morgan fingerprint density at radius 3 is 2.75 bits per heavy atom. The molecule has 28 heavy (non-hydrogen) atoms. The Morgan fingerprint density at radius 2 is 2.04 bits per heavy atom. The average Bonchev–Trinajstić information content (AvgIpc) is 3.11. The molecule has 1 aliphatic rings. The molecule has 0 radical (unpaired) electrons. The predicted octanol–water partition coefficient (Wildman–Crippen LogP) is 1.99. The summed E-state index contributed by atoms with van der Waals surface area (Å²) < 4.78 is 16.7. The average molecular weight is 389 g/mol. The van der Waals surface area contributed by atoms with Gasteiger partial charge in [0.25, 0.3) is 0 Å². The fourth-order valence-electron chi connectivity index (χ4n) is 3.46. The molecule has 2 aromatic rings. The molecule has 2 N–H and O–H groups in total. The van der Waals surface area contributed by atoms with Gasteiger partial charge < -0.3 is 29.3 Å². The van der Waals surface area contributed by atoms with Gasteiger partial charge in [0.05, 0.1) is 37.7 Å². The lowest BCUT2D eigenvalue weighted by molar-refractivity contribution is -0.115. The molecule has 1 saturated heterocycles. The van der Waals surface area contributed by atoms with Crippen LogP contribution < -0.4 is 10.1 Å². The maximum Gasteiger partial charge on any atom is 0.150 e. The molecule has 7 heteroatoms. The molecule has 0 unspecified atom stereocenters. The van der Waals surface area contributed by atoms with E-state index in [2.05, 4.69) is 10.5 Å². The zero-order valence-electron chi connectivity index (χ0n) is 16.9. The molecule has 0 aliphatic carbocycles. The van der Waals surface area contributed by atoms with E-state index in [1.807, 2.05) is 49.3 Å². The van der Waals surface area contributed by atoms with Gasteiger partial charge >= 0.3 is 0 Å². The number of aliphatic hydroxyl groups is 1. The first-order chi connectivity index (χ1) is 13.5. The second kappa shape index (κ2) is 10.0. The van der Waals surface area contributed by atoms with Crippen molar-refractivity contribution in [1.82, 2.24) is 15.4 Å². The first-order valence-corrected chi connectivity index (χ1v) is 9.80. The van der Waals surface area contributed by atoms with E-state index in [-0.39, 0.29) is 12.2 Å². The first-order valence-electron chi connectivity index (χ1n) is 9.80. The minimum Gasteiger partial charge on any atom is -0.497 e. The summed E-state index contributed by atoms with van der Waals surface area (Å²) in [6.45, 7) is 2.06. The molecule has 2 heterocycles. The monoisotopic (exact) mass is 389 g/mol. The molecule has 1 aromatic heterocycles. The second-order valence-corrected chi connectivity index (χ2v) is 7.65. The van der Waals surface area contributed by atoms with Gasteiger partial charge in [-0.1, -0.05) is 17.3 Å². The van der Waals surface area contributed by atoms with Gasteiger partial charge in [-0.2, -0.15) is 0 Å². The third kappa shape index (κ3) is 6.04. The van der Waals surface area contributed by atoms with Gasteiger partial charge in [0.15, 0.2) is 5.76 Å². The molecule has 0 saturated carbocycles. The van der Waals surface area contributed by atoms with E-state index in [0.29, 0.717) is 13.0 Å². The van der Waals surface area contributed by atoms with Gasteiger partial charge in [0, 0.05) is 25.6 Å². The van der Waals surface area contributed by atoms with Gasteiger partial charge in [0.1, 0.15) is 5.75 Å². The fourth-order valence-corrected chi connectivity index (χ4v) is 3.46. The van der Waals surface area contributed by atoms with Crippen molar-refractivity contribution < 1.29 is 19.1 Å². The lowest BCUT2D eigenvalue weighted by Gasteiger charge is -2.34. The number of nitrogens with one attached hydrogen (secondary N) is 1. The highest BCUT2D eigenvalue weighted by Crippen LogP contribution is 2.23. The van der Waals surface area contributed by atoms with E-state index >= 15 is 0 Å². The quantitative estimate of drug-likeness (QED) is 0.679. The molecule has 0 bridgehead atoms. The normalized spacial score (nSPS) is 22.5. The van der Waals surface area contributed by atoms with E-state index in [9.17, 15) is 5.11 Å². The molecule has 7 nitrogen and oxygen atoms in total. The van der Waals surface area contributed by atoms with Crippen molar-refractivity contribution in [3.63, 3.8) is 0 Å². The van der Waals surface area contributed by atoms with Crippen LogP contribution in [-0.2, 0) is 24.2 Å². The molecule has 1 fully saturated rings. The summed E-state index contributed by atoms with van der Waals surface area (Å²) in [5.41, 5.74) is 2.07. The smallest absolute Gasteiger partial charge is 0.150 e. The Morgan fingerprint density at radius 1 is 1.25 bits per heavy atom. The van der Waals surface area contributed by atoms with E-state index in [0.717, 1.165) is 43.1 Å². The number of benzene rings is 1. The Labute approximate surface area is 166 Å². The fraction of sp³-hybridized carbons (Fsp3) is 0.571. The minimum atomic E-state index is -0.443. The third-order valence-corrected chi connectivity index (χ3v) is 4.93. The van der Waals surface area contributed by atoms with Crippen molar-refractivity contribution in [1.29, 1.82) is 0 Å². The summed E-state index contributed by atoms with van der Waals surface area (Å²) in [6.07, 6.45) is 1.66. The third-order valence-electron chi connectivity index (χ3n) is 4.93. The Balaban J connectivity index is 1.46. The Bertz CT molecular complexity index is 717. The molecule has 1 aromatic carbocycles. The zero-order chi connectivity index (χ0) is 19.9. The summed E-state index contributed by atoms with van der Waals surface area (Å²) in [5.74, 6) is 1.70. The highest BCUT2D eigenvalue weighted by molar-refractivity contribution is 5.27. The number of ether oxygens (including phenoxy) is 2. The van der Waals surface area contributed by atoms with Crippen LogP contribution in [0, 0.1) is 0 Å². The second-order valence-electron chi connectivity index (χ2n) is 7.65. The van der Waals surface area contributed by atoms with Crippen LogP contribution in [0.1, 0.15) is 29.9 Å². The number of aliphatic hydroxyl groups excluding tert-OH is 1. The van der Waals surface area contributed by atoms with Crippen LogP contribution in [0.5, 0.6) is 5.75 Å². The molecule has 3 rings (SSSR count). The maximum atomic E-state index is 10.3. The predicted molar refractivity (Wildman–Crippen MR) is 106 cm³/mol. The van der Waals surface area contributed by atoms with Gasteiger partial charge in [-0.25, -0.2) is 0 Å². The van der Waals surface area contributed by atoms with Crippen LogP contribution in [0.4, 0.5) is 0 Å². The standard InChI is InChI=1S/C21H31N3O4/c1-24(2)14-19-11-16(23-28-19)10-18-8-9-20(25)21(27-18)13-22-12-15-4-6-17(26-3)7-5-15/h4-7,11,18,20-22,25H,8-10,12-14H2,1-3H3/t18-,20-,21+/m0/s1. The minimum absolute atomic E-state index is 0.0495. The number of hydrogen-bond donors (Lipinski definition) is 2. The van der Waals surface area contributed by atoms with E-state index < -0.39 is 6.10 Å². The van der Waals surface area contributed by atoms with Gasteiger partial charge in [-0.05, 0) is 44.6 Å². The number of nitrogens with zero attached hydrogens (tertiary/aromatic N) is 2. The van der Waals surface area contributed by atoms with Crippen LogP contribution in [0.25, 0.3) is 0 Å². The number of rotatable bonds is 9. The van der Waals surface area contributed by atoms with Crippen LogP contribution in [0.3, 0.4) is 0 Å². The molecule has 0 amide bonds. The lowest BCUT2D eigenvalue weighted by atomic mass is 9.98. The highest BCUT2D eigenvalue weighted by Gasteiger charge is 2.30. The molecular weight excluding hydrogens is 358 g/mol. The summed E-state index contributed by atoms with van der Waals surface area (Å²) in [7, 11) is 5.66. The number of methoxy groups -OCH3 is 1. The van der Waals surface area contributed by atoms with Crippen molar-refractivity contribution in [2.75, 3.05) is 27.7 Å². The Hall–Kier alpha value is -1.93. The first kappa shape index (κ1) is 20.8. The topological polar surface area (TPSA) is 80.0 Å². The van der Waals surface area contributed by atoms with Crippen molar-refractivity contribution in [3.8, 4) is 5.75 Å². The van der Waals surface area contributed by atoms with E-state index in [1.54, 1.807) is 7.11 Å². The SMILES string of the molecule is COc1ccc(CNC[C@H]2O[C@H](Cc3cc(CN(C)C)on3)CC[C@@H]2O)cc1. The highest BCUT2D eigenvalue weighted by atomic mass is 16.5. The zero-order valence-corrected chi connectivity index (χ0v) is 16.9. The van der Waals surface area contributed by atoms with Crippen LogP contribution in [-0.4, -0.2) is 61.2 Å². The molecule has 154 valence electrons. The summed E-state index contributed by atoms with van der Waals surface area (Å²) in [4.78, 5) is 2.04.